The third-order valence-corrected chi connectivity index (χ3v) is 2.67. The maximum atomic E-state index is 11.8. The first-order chi connectivity index (χ1) is 9.45. The molecular weight excluding hydrogens is 332 g/mol. The molecule has 0 fully saturated rings. The summed E-state index contributed by atoms with van der Waals surface area (Å²) < 4.78 is 6.34. The van der Waals surface area contributed by atoms with E-state index in [-0.39, 0.29) is 25.3 Å². The Morgan fingerprint density at radius 2 is 2.25 bits per heavy atom. The molecule has 1 rings (SSSR count). The minimum atomic E-state index is -1.30. The van der Waals surface area contributed by atoms with Crippen molar-refractivity contribution in [3.05, 3.63) is 45.3 Å². The number of aromatic carboxylic acids is 1. The summed E-state index contributed by atoms with van der Waals surface area (Å²) in [6.45, 7) is 3.74. The monoisotopic (exact) mass is 344 g/mol. The molecule has 1 aromatic heterocycles. The molecule has 7 nitrogen and oxygen atoms in total. The molecule has 0 aliphatic carbocycles. The highest BCUT2D eigenvalue weighted by atomic mass is 79.9. The van der Waals surface area contributed by atoms with Gasteiger partial charge in [0.25, 0.3) is 5.56 Å². The number of hydrogen-bond donors (Lipinski definition) is 2. The van der Waals surface area contributed by atoms with Crippen molar-refractivity contribution in [3.63, 3.8) is 0 Å². The molecule has 8 heteroatoms. The van der Waals surface area contributed by atoms with Crippen LogP contribution in [-0.4, -0.2) is 34.9 Å². The lowest BCUT2D eigenvalue weighted by molar-refractivity contribution is 0.0694. The van der Waals surface area contributed by atoms with E-state index >= 15 is 0 Å². The lowest BCUT2D eigenvalue weighted by Crippen LogP contribution is -2.33. The van der Waals surface area contributed by atoms with Gasteiger partial charge in [-0.25, -0.2) is 9.59 Å². The van der Waals surface area contributed by atoms with E-state index in [9.17, 15) is 14.4 Å². The summed E-state index contributed by atoms with van der Waals surface area (Å²) in [5.41, 5.74) is -0.976. The van der Waals surface area contributed by atoms with E-state index in [1.807, 2.05) is 0 Å². The van der Waals surface area contributed by atoms with Crippen molar-refractivity contribution in [1.82, 2.24) is 9.88 Å². The number of nitrogens with zero attached hydrogens (tertiary/aromatic N) is 1. The van der Waals surface area contributed by atoms with Gasteiger partial charge in [0.2, 0.25) is 0 Å². The number of carbonyl (C=O) groups is 2. The molecule has 1 amide bonds. The van der Waals surface area contributed by atoms with Crippen LogP contribution in [0.2, 0.25) is 0 Å². The van der Waals surface area contributed by atoms with Gasteiger partial charge in [0, 0.05) is 23.8 Å². The Balaban J connectivity index is 2.69. The van der Waals surface area contributed by atoms with Gasteiger partial charge in [0.05, 0.1) is 0 Å². The van der Waals surface area contributed by atoms with E-state index in [4.69, 9.17) is 5.11 Å². The number of carboxylic acid groups (broad SMARTS) is 1. The molecule has 1 heterocycles. The van der Waals surface area contributed by atoms with Crippen LogP contribution in [0.4, 0.5) is 4.79 Å². The first-order valence-corrected chi connectivity index (χ1v) is 6.39. The van der Waals surface area contributed by atoms with Gasteiger partial charge in [0.15, 0.2) is 0 Å². The maximum absolute atomic E-state index is 11.8. The Hall–Kier alpha value is -2.09. The average Bonchev–Trinajstić information content (AvgIpc) is 2.39. The number of aromatic nitrogens is 1. The number of carboxylic acids is 1. The Bertz CT molecular complexity index is 582. The van der Waals surface area contributed by atoms with Crippen LogP contribution in [0.1, 0.15) is 10.4 Å². The minimum absolute atomic E-state index is 0.0891. The van der Waals surface area contributed by atoms with Gasteiger partial charge in [-0.3, -0.25) is 4.79 Å². The van der Waals surface area contributed by atoms with Crippen molar-refractivity contribution in [1.29, 1.82) is 0 Å². The number of carbonyl (C=O) groups excluding carboxylic acids is 1. The summed E-state index contributed by atoms with van der Waals surface area (Å²) in [5.74, 6) is -1.30. The van der Waals surface area contributed by atoms with E-state index in [1.165, 1.54) is 22.9 Å². The molecule has 108 valence electrons. The molecule has 0 unspecified atom stereocenters. The van der Waals surface area contributed by atoms with Crippen LogP contribution in [0.3, 0.4) is 0 Å². The fourth-order valence-corrected chi connectivity index (χ4v) is 1.86. The molecule has 0 aliphatic heterocycles. The van der Waals surface area contributed by atoms with Crippen LogP contribution in [0, 0.1) is 0 Å². The molecule has 0 aromatic carbocycles. The zero-order valence-corrected chi connectivity index (χ0v) is 12.1. The molecule has 2 N–H and O–H groups in total. The highest BCUT2D eigenvalue weighted by molar-refractivity contribution is 9.10. The molecule has 1 aromatic rings. The molecule has 0 saturated carbocycles. The summed E-state index contributed by atoms with van der Waals surface area (Å²) >= 11 is 3.12. The van der Waals surface area contributed by atoms with E-state index in [0.717, 1.165) is 0 Å². The van der Waals surface area contributed by atoms with E-state index in [2.05, 4.69) is 32.6 Å². The van der Waals surface area contributed by atoms with Gasteiger partial charge in [0.1, 0.15) is 12.2 Å². The van der Waals surface area contributed by atoms with E-state index < -0.39 is 17.6 Å². The van der Waals surface area contributed by atoms with Crippen molar-refractivity contribution < 1.29 is 19.4 Å². The third kappa shape index (κ3) is 4.54. The topological polar surface area (TPSA) is 97.6 Å². The lowest BCUT2D eigenvalue weighted by atomic mass is 10.3. The fraction of sp³-hybridized carbons (Fsp3) is 0.250. The second-order valence-electron chi connectivity index (χ2n) is 3.69. The number of amides is 1. The molecule has 0 atom stereocenters. The summed E-state index contributed by atoms with van der Waals surface area (Å²) in [7, 11) is 0. The largest absolute Gasteiger partial charge is 0.477 e. The summed E-state index contributed by atoms with van der Waals surface area (Å²) in [6, 6.07) is 1.23. The standard InChI is InChI=1S/C12H13BrN2O5/c1-2-5-20-12(19)14-3-4-15-7-8(13)6-9(10(15)16)11(17)18/h2,6-7H,1,3-5H2,(H,14,19)(H,17,18). The highest BCUT2D eigenvalue weighted by Crippen LogP contribution is 2.08. The molecular formula is C12H13BrN2O5. The Morgan fingerprint density at radius 1 is 1.55 bits per heavy atom. The molecule has 0 radical (unpaired) electrons. The first kappa shape index (κ1) is 16.0. The number of pyridine rings is 1. The van der Waals surface area contributed by atoms with Gasteiger partial charge in [-0.1, -0.05) is 12.7 Å². The van der Waals surface area contributed by atoms with Crippen molar-refractivity contribution >= 4 is 28.0 Å². The summed E-state index contributed by atoms with van der Waals surface area (Å²) in [4.78, 5) is 33.9. The normalized spacial score (nSPS) is 9.85. The molecule has 0 spiro atoms. The third-order valence-electron chi connectivity index (χ3n) is 2.24. The van der Waals surface area contributed by atoms with Crippen LogP contribution < -0.4 is 10.9 Å². The molecule has 0 bridgehead atoms. The molecule has 20 heavy (non-hydrogen) atoms. The zero-order chi connectivity index (χ0) is 15.1. The summed E-state index contributed by atoms with van der Waals surface area (Å²) in [5, 5.41) is 11.3. The maximum Gasteiger partial charge on any atom is 0.407 e. The quantitative estimate of drug-likeness (QED) is 0.756. The van der Waals surface area contributed by atoms with E-state index in [0.29, 0.717) is 4.47 Å². The fourth-order valence-electron chi connectivity index (χ4n) is 1.38. The van der Waals surface area contributed by atoms with Gasteiger partial charge in [-0.15, -0.1) is 0 Å². The highest BCUT2D eigenvalue weighted by Gasteiger charge is 2.12. The second kappa shape index (κ2) is 7.49. The number of halogens is 1. The van der Waals surface area contributed by atoms with Gasteiger partial charge in [-0.05, 0) is 22.0 Å². The van der Waals surface area contributed by atoms with Gasteiger partial charge < -0.3 is 19.7 Å². The van der Waals surface area contributed by atoms with Crippen LogP contribution in [0.15, 0.2) is 34.2 Å². The second-order valence-corrected chi connectivity index (χ2v) is 4.61. The van der Waals surface area contributed by atoms with Gasteiger partial charge >= 0.3 is 12.1 Å². The Kier molecular flexibility index (Phi) is 5.98. The Morgan fingerprint density at radius 3 is 2.85 bits per heavy atom. The number of nitrogens with one attached hydrogen (secondary N) is 1. The average molecular weight is 345 g/mol. The predicted molar refractivity (Wildman–Crippen MR) is 74.9 cm³/mol. The van der Waals surface area contributed by atoms with Crippen LogP contribution >= 0.6 is 15.9 Å². The van der Waals surface area contributed by atoms with Crippen LogP contribution in [0.5, 0.6) is 0 Å². The number of ether oxygens (including phenoxy) is 1. The van der Waals surface area contributed by atoms with Crippen molar-refractivity contribution in [3.8, 4) is 0 Å². The Labute approximate surface area is 123 Å². The van der Waals surface area contributed by atoms with Crippen LogP contribution in [-0.2, 0) is 11.3 Å². The number of hydrogen-bond acceptors (Lipinski definition) is 4. The summed E-state index contributed by atoms with van der Waals surface area (Å²) in [6.07, 6.45) is 2.25. The van der Waals surface area contributed by atoms with Crippen LogP contribution in [0.25, 0.3) is 0 Å². The SMILES string of the molecule is C=CCOC(=O)NCCn1cc(Br)cc(C(=O)O)c1=O. The molecule has 0 aliphatic rings. The van der Waals surface area contributed by atoms with Crippen molar-refractivity contribution in [2.75, 3.05) is 13.2 Å². The first-order valence-electron chi connectivity index (χ1n) is 5.60. The molecule has 0 saturated heterocycles. The number of alkyl carbamates (subject to hydrolysis) is 1. The van der Waals surface area contributed by atoms with E-state index in [1.54, 1.807) is 0 Å². The van der Waals surface area contributed by atoms with Gasteiger partial charge in [-0.2, -0.15) is 0 Å². The van der Waals surface area contributed by atoms with Crippen molar-refractivity contribution in [2.24, 2.45) is 0 Å². The zero-order valence-electron chi connectivity index (χ0n) is 10.5. The number of rotatable bonds is 6. The smallest absolute Gasteiger partial charge is 0.407 e. The van der Waals surface area contributed by atoms with Crippen molar-refractivity contribution in [2.45, 2.75) is 6.54 Å². The minimum Gasteiger partial charge on any atom is -0.477 e. The predicted octanol–water partition coefficient (Wildman–Crippen LogP) is 1.22. The lowest BCUT2D eigenvalue weighted by Gasteiger charge is -2.09.